The summed E-state index contributed by atoms with van der Waals surface area (Å²) in [5, 5.41) is 0. The second-order valence-electron chi connectivity index (χ2n) is 9.02. The van der Waals surface area contributed by atoms with Gasteiger partial charge in [0.15, 0.2) is 5.78 Å². The highest BCUT2D eigenvalue weighted by Crippen LogP contribution is 2.25. The van der Waals surface area contributed by atoms with Gasteiger partial charge in [0.25, 0.3) is 0 Å². The van der Waals surface area contributed by atoms with Crippen molar-refractivity contribution in [3.05, 3.63) is 117 Å². The molecule has 1 saturated heterocycles. The lowest BCUT2D eigenvalue weighted by Gasteiger charge is -2.30. The Kier molecular flexibility index (Phi) is 6.53. The number of rotatable bonds is 4. The Hall–Kier alpha value is -3.23. The summed E-state index contributed by atoms with van der Waals surface area (Å²) in [5.41, 5.74) is 10.1. The second kappa shape index (κ2) is 9.50. The van der Waals surface area contributed by atoms with Crippen molar-refractivity contribution < 1.29 is 4.79 Å². The largest absolute Gasteiger partial charge is 0.290 e. The summed E-state index contributed by atoms with van der Waals surface area (Å²) in [6.07, 6.45) is 4.17. The van der Waals surface area contributed by atoms with Crippen molar-refractivity contribution in [1.82, 2.24) is 4.90 Å². The summed E-state index contributed by atoms with van der Waals surface area (Å²) in [5.74, 6) is 0.161. The molecule has 1 aliphatic heterocycles. The maximum absolute atomic E-state index is 13.5. The van der Waals surface area contributed by atoms with E-state index in [1.165, 1.54) is 27.8 Å². The molecule has 0 amide bonds. The highest BCUT2D eigenvalue weighted by Gasteiger charge is 2.26. The summed E-state index contributed by atoms with van der Waals surface area (Å²) >= 11 is 0. The van der Waals surface area contributed by atoms with Gasteiger partial charge in [0, 0.05) is 30.8 Å². The molecule has 3 aromatic rings. The molecule has 0 aliphatic carbocycles. The predicted octanol–water partition coefficient (Wildman–Crippen LogP) is 6.47. The number of ketones is 1. The average molecular weight is 422 g/mol. The lowest BCUT2D eigenvalue weighted by molar-refractivity contribution is -0.113. The number of aryl methyl sites for hydroxylation is 4. The summed E-state index contributed by atoms with van der Waals surface area (Å²) in [6.45, 7) is 10.6. The summed E-state index contributed by atoms with van der Waals surface area (Å²) in [4.78, 5) is 15.9. The first-order chi connectivity index (χ1) is 15.4. The van der Waals surface area contributed by atoms with E-state index in [2.05, 4.69) is 105 Å². The Balaban J connectivity index is 1.72. The number of Topliss-reactive ketones (excluding diaryl/α,β-unsaturated/α-hetero) is 1. The molecule has 4 rings (SSSR count). The van der Waals surface area contributed by atoms with E-state index in [0.29, 0.717) is 13.1 Å². The van der Waals surface area contributed by atoms with E-state index in [0.717, 1.165) is 28.8 Å². The number of likely N-dealkylation sites (tertiary alicyclic amines) is 1. The van der Waals surface area contributed by atoms with Crippen LogP contribution >= 0.6 is 0 Å². The zero-order chi connectivity index (χ0) is 22.7. The molecule has 2 heteroatoms. The number of nitrogens with zero attached hydrogens (tertiary/aromatic N) is 1. The number of piperidine rings is 1. The van der Waals surface area contributed by atoms with Crippen LogP contribution < -0.4 is 0 Å². The predicted molar refractivity (Wildman–Crippen MR) is 135 cm³/mol. The molecule has 0 atom stereocenters. The monoisotopic (exact) mass is 421 g/mol. The fourth-order valence-electron chi connectivity index (χ4n) is 4.41. The van der Waals surface area contributed by atoms with Gasteiger partial charge in [0.1, 0.15) is 0 Å². The minimum Gasteiger partial charge on any atom is -0.290 e. The van der Waals surface area contributed by atoms with Gasteiger partial charge >= 0.3 is 0 Å². The lowest BCUT2D eigenvalue weighted by atomic mass is 9.92. The molecular weight excluding hydrogens is 390 g/mol. The van der Waals surface area contributed by atoms with Crippen LogP contribution in [0, 0.1) is 27.7 Å². The first-order valence-corrected chi connectivity index (χ1v) is 11.3. The quantitative estimate of drug-likeness (QED) is 0.450. The van der Waals surface area contributed by atoms with Crippen molar-refractivity contribution in [2.24, 2.45) is 0 Å². The van der Waals surface area contributed by atoms with Gasteiger partial charge in [-0.15, -0.1) is 0 Å². The van der Waals surface area contributed by atoms with Crippen LogP contribution in [0.4, 0.5) is 0 Å². The van der Waals surface area contributed by atoms with Crippen LogP contribution in [-0.2, 0) is 11.3 Å². The fourth-order valence-corrected chi connectivity index (χ4v) is 4.41. The minimum absolute atomic E-state index is 0.161. The van der Waals surface area contributed by atoms with E-state index < -0.39 is 0 Å². The van der Waals surface area contributed by atoms with Gasteiger partial charge in [-0.2, -0.15) is 0 Å². The number of hydrogen-bond donors (Lipinski definition) is 0. The Morgan fingerprint density at radius 2 is 1.22 bits per heavy atom. The van der Waals surface area contributed by atoms with Crippen LogP contribution in [0.3, 0.4) is 0 Å². The molecular formula is C30H31NO. The first kappa shape index (κ1) is 22.0. The maximum atomic E-state index is 13.5. The van der Waals surface area contributed by atoms with Gasteiger partial charge < -0.3 is 0 Å². The van der Waals surface area contributed by atoms with E-state index in [4.69, 9.17) is 0 Å². The minimum atomic E-state index is 0.161. The van der Waals surface area contributed by atoms with Gasteiger partial charge in [0.2, 0.25) is 0 Å². The summed E-state index contributed by atoms with van der Waals surface area (Å²) in [6, 6.07) is 23.3. The van der Waals surface area contributed by atoms with Gasteiger partial charge in [-0.05, 0) is 67.7 Å². The molecule has 0 bridgehead atoms. The van der Waals surface area contributed by atoms with Crippen LogP contribution in [0.1, 0.15) is 38.9 Å². The average Bonchev–Trinajstić information content (AvgIpc) is 2.76. The normalized spacial score (nSPS) is 17.3. The maximum Gasteiger partial charge on any atom is 0.187 e. The van der Waals surface area contributed by atoms with Gasteiger partial charge in [-0.3, -0.25) is 9.69 Å². The van der Waals surface area contributed by atoms with Crippen LogP contribution in [0.25, 0.3) is 12.2 Å². The Morgan fingerprint density at radius 1 is 0.719 bits per heavy atom. The van der Waals surface area contributed by atoms with Crippen molar-refractivity contribution >= 4 is 17.9 Å². The zero-order valence-corrected chi connectivity index (χ0v) is 19.5. The van der Waals surface area contributed by atoms with Crippen molar-refractivity contribution in [2.45, 2.75) is 34.2 Å². The van der Waals surface area contributed by atoms with Crippen molar-refractivity contribution in [3.8, 4) is 0 Å². The molecule has 0 spiro atoms. The molecule has 0 unspecified atom stereocenters. The molecule has 1 heterocycles. The SMILES string of the molecule is Cc1ccc(C=C2CN(Cc3ccccc3)CC(=Cc3ccc(C)cc3C)C2=O)c(C)c1. The number of hydrogen-bond acceptors (Lipinski definition) is 2. The van der Waals surface area contributed by atoms with Gasteiger partial charge in [-0.25, -0.2) is 0 Å². The molecule has 1 fully saturated rings. The second-order valence-corrected chi connectivity index (χ2v) is 9.02. The highest BCUT2D eigenvalue weighted by atomic mass is 16.1. The van der Waals surface area contributed by atoms with Crippen molar-refractivity contribution in [3.63, 3.8) is 0 Å². The molecule has 2 nitrogen and oxygen atoms in total. The Bertz CT molecular complexity index is 1130. The molecule has 1 aliphatic rings. The van der Waals surface area contributed by atoms with Crippen LogP contribution in [0.5, 0.6) is 0 Å². The van der Waals surface area contributed by atoms with Gasteiger partial charge in [0.05, 0.1) is 0 Å². The van der Waals surface area contributed by atoms with E-state index >= 15 is 0 Å². The molecule has 0 aromatic heterocycles. The third-order valence-corrected chi connectivity index (χ3v) is 6.13. The summed E-state index contributed by atoms with van der Waals surface area (Å²) in [7, 11) is 0. The highest BCUT2D eigenvalue weighted by molar-refractivity contribution is 6.14. The zero-order valence-electron chi connectivity index (χ0n) is 19.5. The molecule has 3 aromatic carbocycles. The molecule has 32 heavy (non-hydrogen) atoms. The summed E-state index contributed by atoms with van der Waals surface area (Å²) < 4.78 is 0. The standard InChI is InChI=1S/C30H31NO/c1-21-10-12-26(23(3)14-21)16-28-19-31(18-25-8-6-5-7-9-25)20-29(30(28)32)17-27-13-11-22(2)15-24(27)4/h5-17H,18-20H2,1-4H3. The third-order valence-electron chi connectivity index (χ3n) is 6.13. The van der Waals surface area contributed by atoms with Crippen molar-refractivity contribution in [2.75, 3.05) is 13.1 Å². The number of carbonyl (C=O) groups excluding carboxylic acids is 1. The van der Waals surface area contributed by atoms with Crippen LogP contribution in [-0.4, -0.2) is 23.8 Å². The smallest absolute Gasteiger partial charge is 0.187 e. The Labute approximate surface area is 191 Å². The first-order valence-electron chi connectivity index (χ1n) is 11.3. The topological polar surface area (TPSA) is 20.3 Å². The van der Waals surface area contributed by atoms with E-state index in [-0.39, 0.29) is 5.78 Å². The molecule has 0 radical (unpaired) electrons. The number of benzene rings is 3. The van der Waals surface area contributed by atoms with Crippen LogP contribution in [0.15, 0.2) is 77.9 Å². The van der Waals surface area contributed by atoms with E-state index in [1.54, 1.807) is 0 Å². The van der Waals surface area contributed by atoms with Gasteiger partial charge in [-0.1, -0.05) is 77.9 Å². The molecule has 0 N–H and O–H groups in total. The molecule has 0 saturated carbocycles. The van der Waals surface area contributed by atoms with Crippen molar-refractivity contribution in [1.29, 1.82) is 0 Å². The van der Waals surface area contributed by atoms with E-state index in [9.17, 15) is 4.79 Å². The Morgan fingerprint density at radius 3 is 1.69 bits per heavy atom. The fraction of sp³-hybridized carbons (Fsp3) is 0.233. The van der Waals surface area contributed by atoms with Crippen LogP contribution in [0.2, 0.25) is 0 Å². The lowest BCUT2D eigenvalue weighted by Crippen LogP contribution is -2.37. The van der Waals surface area contributed by atoms with E-state index in [1.807, 2.05) is 6.07 Å². The molecule has 162 valence electrons. The number of carbonyl (C=O) groups is 1. The third kappa shape index (κ3) is 5.15.